The molecular weight excluding hydrogens is 398 g/mol. The molecular formula is C17H17N7O4S. The third kappa shape index (κ3) is 2.97. The standard InChI is InChI=1S/C17H17N7O4S/c1-21-13-14(19-16(21)29(3,27)28)23(17(26)22(2)15(13)25)10-12-9-18-20-24(12)11-7-5-4-6-8-11/h4-9H,10H2,1-3H3. The summed E-state index contributed by atoms with van der Waals surface area (Å²) in [6.07, 6.45) is 2.49. The second-order valence-corrected chi connectivity index (χ2v) is 8.51. The van der Waals surface area contributed by atoms with Crippen molar-refractivity contribution in [2.75, 3.05) is 6.26 Å². The summed E-state index contributed by atoms with van der Waals surface area (Å²) in [4.78, 5) is 29.5. The van der Waals surface area contributed by atoms with Crippen LogP contribution in [0.2, 0.25) is 0 Å². The third-order valence-corrected chi connectivity index (χ3v) is 5.62. The van der Waals surface area contributed by atoms with Crippen molar-refractivity contribution < 1.29 is 8.42 Å². The Hall–Kier alpha value is -3.54. The van der Waals surface area contributed by atoms with Gasteiger partial charge in [-0.05, 0) is 12.1 Å². The molecule has 29 heavy (non-hydrogen) atoms. The van der Waals surface area contributed by atoms with Crippen LogP contribution in [0.5, 0.6) is 0 Å². The number of para-hydroxylation sites is 1. The van der Waals surface area contributed by atoms with E-state index in [2.05, 4.69) is 15.3 Å². The predicted octanol–water partition coefficient (Wildman–Crippen LogP) is -0.534. The molecule has 0 fully saturated rings. The third-order valence-electron chi connectivity index (χ3n) is 4.59. The van der Waals surface area contributed by atoms with Crippen molar-refractivity contribution in [3.63, 3.8) is 0 Å². The Morgan fingerprint density at radius 1 is 1.03 bits per heavy atom. The van der Waals surface area contributed by atoms with Gasteiger partial charge in [0.1, 0.15) is 0 Å². The summed E-state index contributed by atoms with van der Waals surface area (Å²) in [6, 6.07) is 9.21. The second kappa shape index (κ2) is 6.51. The molecule has 0 saturated carbocycles. The molecule has 0 N–H and O–H groups in total. The van der Waals surface area contributed by atoms with E-state index in [1.165, 1.54) is 29.4 Å². The Kier molecular flexibility index (Phi) is 4.22. The van der Waals surface area contributed by atoms with Crippen molar-refractivity contribution in [2.24, 2.45) is 14.1 Å². The number of aromatic nitrogens is 7. The molecule has 0 bridgehead atoms. The highest BCUT2D eigenvalue weighted by molar-refractivity contribution is 7.90. The summed E-state index contributed by atoms with van der Waals surface area (Å²) < 4.78 is 29.0. The van der Waals surface area contributed by atoms with Gasteiger partial charge in [0.05, 0.1) is 24.1 Å². The fourth-order valence-corrected chi connectivity index (χ4v) is 4.04. The average molecular weight is 415 g/mol. The number of fused-ring (bicyclic) bond motifs is 1. The molecule has 12 heteroatoms. The summed E-state index contributed by atoms with van der Waals surface area (Å²) >= 11 is 0. The van der Waals surface area contributed by atoms with E-state index in [-0.39, 0.29) is 22.9 Å². The number of rotatable bonds is 4. The van der Waals surface area contributed by atoms with Crippen LogP contribution in [0, 0.1) is 0 Å². The predicted molar refractivity (Wildman–Crippen MR) is 104 cm³/mol. The van der Waals surface area contributed by atoms with Crippen molar-refractivity contribution >= 4 is 21.0 Å². The molecule has 0 amide bonds. The monoisotopic (exact) mass is 415 g/mol. The van der Waals surface area contributed by atoms with Gasteiger partial charge in [0.25, 0.3) is 5.56 Å². The summed E-state index contributed by atoms with van der Waals surface area (Å²) in [5.74, 6) is 0. The normalized spacial score (nSPS) is 12.0. The lowest BCUT2D eigenvalue weighted by atomic mass is 10.3. The van der Waals surface area contributed by atoms with Gasteiger partial charge in [-0.3, -0.25) is 13.9 Å². The van der Waals surface area contributed by atoms with Crippen molar-refractivity contribution in [1.82, 2.24) is 33.7 Å². The lowest BCUT2D eigenvalue weighted by molar-refractivity contribution is 0.586. The first-order valence-corrected chi connectivity index (χ1v) is 10.4. The zero-order valence-electron chi connectivity index (χ0n) is 15.8. The van der Waals surface area contributed by atoms with Crippen LogP contribution in [-0.2, 0) is 30.5 Å². The van der Waals surface area contributed by atoms with E-state index in [1.807, 2.05) is 30.3 Å². The first-order chi connectivity index (χ1) is 13.7. The molecule has 11 nitrogen and oxygen atoms in total. The summed E-state index contributed by atoms with van der Waals surface area (Å²) in [7, 11) is -0.947. The molecule has 4 rings (SSSR count). The number of imidazole rings is 1. The van der Waals surface area contributed by atoms with Crippen LogP contribution in [0.1, 0.15) is 5.69 Å². The Labute approximate surface area is 164 Å². The van der Waals surface area contributed by atoms with Crippen molar-refractivity contribution in [3.05, 3.63) is 63.1 Å². The fraction of sp³-hybridized carbons (Fsp3) is 0.235. The molecule has 0 aliphatic heterocycles. The van der Waals surface area contributed by atoms with Crippen LogP contribution in [0.25, 0.3) is 16.9 Å². The summed E-state index contributed by atoms with van der Waals surface area (Å²) in [5, 5.41) is 7.68. The first kappa shape index (κ1) is 18.8. The van der Waals surface area contributed by atoms with Crippen LogP contribution < -0.4 is 11.2 Å². The van der Waals surface area contributed by atoms with Gasteiger partial charge in [-0.25, -0.2) is 17.9 Å². The van der Waals surface area contributed by atoms with Crippen LogP contribution >= 0.6 is 0 Å². The Balaban J connectivity index is 1.98. The first-order valence-electron chi connectivity index (χ1n) is 8.51. The smallest absolute Gasteiger partial charge is 0.312 e. The highest BCUT2D eigenvalue weighted by Gasteiger charge is 2.24. The molecule has 0 unspecified atom stereocenters. The van der Waals surface area contributed by atoms with Crippen molar-refractivity contribution in [2.45, 2.75) is 11.7 Å². The van der Waals surface area contributed by atoms with Crippen LogP contribution in [0.15, 0.2) is 51.3 Å². The largest absolute Gasteiger partial charge is 0.332 e. The highest BCUT2D eigenvalue weighted by Crippen LogP contribution is 2.16. The van der Waals surface area contributed by atoms with Gasteiger partial charge < -0.3 is 4.57 Å². The summed E-state index contributed by atoms with van der Waals surface area (Å²) in [5.41, 5.74) is 0.0622. The molecule has 3 aromatic heterocycles. The van der Waals surface area contributed by atoms with Gasteiger partial charge in [0, 0.05) is 20.4 Å². The van der Waals surface area contributed by atoms with E-state index in [0.717, 1.165) is 16.5 Å². The van der Waals surface area contributed by atoms with E-state index >= 15 is 0 Å². The molecule has 0 saturated heterocycles. The highest BCUT2D eigenvalue weighted by atomic mass is 32.2. The number of benzene rings is 1. The molecule has 0 aliphatic carbocycles. The van der Waals surface area contributed by atoms with E-state index < -0.39 is 21.1 Å². The van der Waals surface area contributed by atoms with Gasteiger partial charge in [-0.15, -0.1) is 5.10 Å². The molecule has 150 valence electrons. The second-order valence-electron chi connectivity index (χ2n) is 6.60. The quantitative estimate of drug-likeness (QED) is 0.438. The van der Waals surface area contributed by atoms with E-state index in [4.69, 9.17) is 0 Å². The van der Waals surface area contributed by atoms with Crippen LogP contribution in [0.4, 0.5) is 0 Å². The molecule has 1 aromatic carbocycles. The minimum atomic E-state index is -3.71. The topological polar surface area (TPSA) is 127 Å². The Morgan fingerprint density at radius 2 is 1.72 bits per heavy atom. The van der Waals surface area contributed by atoms with Gasteiger partial charge in [-0.1, -0.05) is 23.4 Å². The molecule has 0 aliphatic rings. The number of hydrogen-bond donors (Lipinski definition) is 0. The molecule has 0 spiro atoms. The number of hydrogen-bond acceptors (Lipinski definition) is 7. The maximum atomic E-state index is 12.8. The average Bonchev–Trinajstić information content (AvgIpc) is 3.28. The van der Waals surface area contributed by atoms with Gasteiger partial charge in [0.2, 0.25) is 15.0 Å². The van der Waals surface area contributed by atoms with Crippen LogP contribution in [-0.4, -0.2) is 48.4 Å². The van der Waals surface area contributed by atoms with E-state index in [9.17, 15) is 18.0 Å². The Bertz CT molecular complexity index is 1460. The maximum absolute atomic E-state index is 12.8. The lowest BCUT2D eigenvalue weighted by Crippen LogP contribution is -2.39. The molecule has 0 atom stereocenters. The zero-order valence-corrected chi connectivity index (χ0v) is 16.7. The minimum absolute atomic E-state index is 0.00837. The SMILES string of the molecule is Cn1c(=O)c2c(nc(S(C)(=O)=O)n2C)n(Cc2cnnn2-c2ccccc2)c1=O. The Morgan fingerprint density at radius 3 is 2.38 bits per heavy atom. The zero-order chi connectivity index (χ0) is 20.9. The number of sulfone groups is 1. The fourth-order valence-electron chi connectivity index (χ4n) is 3.20. The van der Waals surface area contributed by atoms with Gasteiger partial charge in [-0.2, -0.15) is 4.98 Å². The van der Waals surface area contributed by atoms with Crippen molar-refractivity contribution in [3.8, 4) is 5.69 Å². The van der Waals surface area contributed by atoms with E-state index in [0.29, 0.717) is 5.69 Å². The van der Waals surface area contributed by atoms with E-state index in [1.54, 1.807) is 4.68 Å². The maximum Gasteiger partial charge on any atom is 0.332 e. The molecule has 4 aromatic rings. The lowest BCUT2D eigenvalue weighted by Gasteiger charge is -2.10. The van der Waals surface area contributed by atoms with Gasteiger partial charge >= 0.3 is 5.69 Å². The number of aryl methyl sites for hydroxylation is 1. The van der Waals surface area contributed by atoms with Crippen LogP contribution in [0.3, 0.4) is 0 Å². The minimum Gasteiger partial charge on any atom is -0.312 e. The number of nitrogens with zero attached hydrogens (tertiary/aromatic N) is 7. The molecule has 3 heterocycles. The summed E-state index contributed by atoms with van der Waals surface area (Å²) in [6.45, 7) is -0.00837. The van der Waals surface area contributed by atoms with Crippen molar-refractivity contribution in [1.29, 1.82) is 0 Å². The molecule has 0 radical (unpaired) electrons. The van der Waals surface area contributed by atoms with Gasteiger partial charge in [0.15, 0.2) is 11.2 Å².